The lowest BCUT2D eigenvalue weighted by Crippen LogP contribution is -2.45. The molecule has 1 aliphatic heterocycles. The van der Waals surface area contributed by atoms with E-state index in [9.17, 15) is 13.2 Å². The quantitative estimate of drug-likeness (QED) is 0.704. The molecule has 4 rings (SSSR count). The molecule has 1 atom stereocenters. The van der Waals surface area contributed by atoms with Crippen molar-refractivity contribution in [3.05, 3.63) is 28.1 Å². The number of aromatic nitrogens is 3. The summed E-state index contributed by atoms with van der Waals surface area (Å²) in [5.74, 6) is 0.385. The predicted molar refractivity (Wildman–Crippen MR) is 98.8 cm³/mol. The highest BCUT2D eigenvalue weighted by atomic mass is 32.2. The lowest BCUT2D eigenvalue weighted by molar-refractivity contribution is -0.124. The highest BCUT2D eigenvalue weighted by Gasteiger charge is 2.40. The van der Waals surface area contributed by atoms with Crippen molar-refractivity contribution in [3.8, 4) is 0 Å². The van der Waals surface area contributed by atoms with E-state index >= 15 is 0 Å². The number of thiophene rings is 1. The van der Waals surface area contributed by atoms with Crippen LogP contribution < -0.4 is 5.32 Å². The molecule has 1 saturated heterocycles. The zero-order valence-corrected chi connectivity index (χ0v) is 16.4. The van der Waals surface area contributed by atoms with Crippen molar-refractivity contribution in [1.82, 2.24) is 24.4 Å². The number of carbonyl (C=O) groups is 1. The minimum Gasteiger partial charge on any atom is -0.347 e. The SMILES string of the molecule is O=C(NCc1n[nH]c(=S)n1C1CC1)C1CCCN1S(=O)(=O)c1cccs1. The summed E-state index contributed by atoms with van der Waals surface area (Å²) in [5.41, 5.74) is 0. The summed E-state index contributed by atoms with van der Waals surface area (Å²) in [6.07, 6.45) is 3.31. The van der Waals surface area contributed by atoms with Crippen LogP contribution in [0.2, 0.25) is 0 Å². The second-order valence-electron chi connectivity index (χ2n) is 6.47. The smallest absolute Gasteiger partial charge is 0.253 e. The summed E-state index contributed by atoms with van der Waals surface area (Å²) in [4.78, 5) is 12.7. The third-order valence-electron chi connectivity index (χ3n) is 4.67. The van der Waals surface area contributed by atoms with Crippen LogP contribution in [0.3, 0.4) is 0 Å². The van der Waals surface area contributed by atoms with Gasteiger partial charge in [0.25, 0.3) is 10.0 Å². The van der Waals surface area contributed by atoms with Gasteiger partial charge in [-0.2, -0.15) is 9.40 Å². The lowest BCUT2D eigenvalue weighted by Gasteiger charge is -2.22. The van der Waals surface area contributed by atoms with Crippen molar-refractivity contribution in [2.24, 2.45) is 0 Å². The number of nitrogens with zero attached hydrogens (tertiary/aromatic N) is 3. The second kappa shape index (κ2) is 6.87. The molecule has 1 amide bonds. The molecule has 1 saturated carbocycles. The molecule has 1 aliphatic carbocycles. The maximum atomic E-state index is 12.8. The molecule has 140 valence electrons. The number of carbonyl (C=O) groups excluding carboxylic acids is 1. The minimum absolute atomic E-state index is 0.228. The first kappa shape index (κ1) is 17.8. The van der Waals surface area contributed by atoms with Crippen molar-refractivity contribution in [2.45, 2.75) is 48.5 Å². The number of hydrogen-bond donors (Lipinski definition) is 2. The molecule has 0 aromatic carbocycles. The predicted octanol–water partition coefficient (Wildman–Crippen LogP) is 1.81. The average molecular weight is 414 g/mol. The largest absolute Gasteiger partial charge is 0.347 e. The van der Waals surface area contributed by atoms with E-state index in [1.54, 1.807) is 17.5 Å². The molecule has 2 fully saturated rings. The molecule has 2 aromatic heterocycles. The van der Waals surface area contributed by atoms with Crippen LogP contribution in [0.25, 0.3) is 0 Å². The van der Waals surface area contributed by atoms with E-state index in [-0.39, 0.29) is 16.7 Å². The molecule has 8 nitrogen and oxygen atoms in total. The van der Waals surface area contributed by atoms with Crippen LogP contribution in [-0.4, -0.2) is 46.0 Å². The summed E-state index contributed by atoms with van der Waals surface area (Å²) >= 11 is 6.40. The number of rotatable bonds is 6. The van der Waals surface area contributed by atoms with Gasteiger partial charge in [-0.1, -0.05) is 6.07 Å². The normalized spacial score (nSPS) is 21.2. The monoisotopic (exact) mass is 413 g/mol. The number of amides is 1. The molecule has 0 spiro atoms. The van der Waals surface area contributed by atoms with Crippen LogP contribution in [0.5, 0.6) is 0 Å². The number of sulfonamides is 1. The molecule has 2 aromatic rings. The third kappa shape index (κ3) is 3.24. The highest BCUT2D eigenvalue weighted by molar-refractivity contribution is 7.91. The van der Waals surface area contributed by atoms with Crippen LogP contribution >= 0.6 is 23.6 Å². The first-order valence-corrected chi connectivity index (χ1v) is 11.2. The van der Waals surface area contributed by atoms with Gasteiger partial charge in [-0.15, -0.1) is 11.3 Å². The summed E-state index contributed by atoms with van der Waals surface area (Å²) in [5, 5.41) is 11.5. The Morgan fingerprint density at radius 3 is 2.92 bits per heavy atom. The second-order valence-corrected chi connectivity index (χ2v) is 9.92. The van der Waals surface area contributed by atoms with Gasteiger partial charge in [0.05, 0.1) is 6.54 Å². The van der Waals surface area contributed by atoms with Crippen LogP contribution in [0, 0.1) is 4.77 Å². The summed E-state index contributed by atoms with van der Waals surface area (Å²) in [6, 6.07) is 2.94. The molecule has 0 radical (unpaired) electrons. The van der Waals surface area contributed by atoms with E-state index in [0.717, 1.165) is 12.8 Å². The first-order valence-electron chi connectivity index (χ1n) is 8.47. The van der Waals surface area contributed by atoms with Crippen molar-refractivity contribution in [1.29, 1.82) is 0 Å². The zero-order valence-electron chi connectivity index (χ0n) is 13.9. The van der Waals surface area contributed by atoms with E-state index in [0.29, 0.717) is 36.0 Å². The average Bonchev–Trinajstić information content (AvgIpc) is 3.08. The molecule has 11 heteroatoms. The maximum Gasteiger partial charge on any atom is 0.253 e. The Morgan fingerprint density at radius 2 is 2.23 bits per heavy atom. The van der Waals surface area contributed by atoms with Gasteiger partial charge in [-0.3, -0.25) is 14.5 Å². The Hall–Kier alpha value is -1.56. The van der Waals surface area contributed by atoms with E-state index in [1.165, 1.54) is 15.6 Å². The Kier molecular flexibility index (Phi) is 4.71. The lowest BCUT2D eigenvalue weighted by atomic mass is 10.2. The molecule has 26 heavy (non-hydrogen) atoms. The van der Waals surface area contributed by atoms with E-state index in [4.69, 9.17) is 12.2 Å². The van der Waals surface area contributed by atoms with Gasteiger partial charge in [0.2, 0.25) is 5.91 Å². The van der Waals surface area contributed by atoms with Gasteiger partial charge >= 0.3 is 0 Å². The number of nitrogens with one attached hydrogen (secondary N) is 2. The number of hydrogen-bond acceptors (Lipinski definition) is 6. The topological polar surface area (TPSA) is 100 Å². The Labute approximate surface area is 160 Å². The van der Waals surface area contributed by atoms with E-state index in [1.807, 2.05) is 4.57 Å². The van der Waals surface area contributed by atoms with Gasteiger partial charge in [-0.05, 0) is 49.3 Å². The van der Waals surface area contributed by atoms with Gasteiger partial charge in [0, 0.05) is 12.6 Å². The molecule has 2 N–H and O–H groups in total. The minimum atomic E-state index is -3.63. The highest BCUT2D eigenvalue weighted by Crippen LogP contribution is 2.35. The fraction of sp³-hybridized carbons (Fsp3) is 0.533. The van der Waals surface area contributed by atoms with Crippen molar-refractivity contribution < 1.29 is 13.2 Å². The maximum absolute atomic E-state index is 12.8. The molecule has 2 aliphatic rings. The molecule has 3 heterocycles. The first-order chi connectivity index (χ1) is 12.5. The van der Waals surface area contributed by atoms with Crippen LogP contribution in [0.1, 0.15) is 37.5 Å². The number of aromatic amines is 1. The molecule has 1 unspecified atom stereocenters. The summed E-state index contributed by atoms with van der Waals surface area (Å²) in [7, 11) is -3.63. The van der Waals surface area contributed by atoms with Gasteiger partial charge in [0.15, 0.2) is 10.6 Å². The third-order valence-corrected chi connectivity index (χ3v) is 8.24. The summed E-state index contributed by atoms with van der Waals surface area (Å²) < 4.78 is 29.6. The number of H-pyrrole nitrogens is 1. The Morgan fingerprint density at radius 1 is 1.42 bits per heavy atom. The zero-order chi connectivity index (χ0) is 18.3. The van der Waals surface area contributed by atoms with Crippen LogP contribution in [-0.2, 0) is 21.4 Å². The Balaban J connectivity index is 1.47. The van der Waals surface area contributed by atoms with Gasteiger partial charge < -0.3 is 5.32 Å². The summed E-state index contributed by atoms with van der Waals surface area (Å²) in [6.45, 7) is 0.588. The fourth-order valence-electron chi connectivity index (χ4n) is 3.27. The van der Waals surface area contributed by atoms with E-state index < -0.39 is 16.1 Å². The fourth-order valence-corrected chi connectivity index (χ4v) is 6.35. The molecular formula is C15H19N5O3S3. The van der Waals surface area contributed by atoms with Crippen molar-refractivity contribution in [3.63, 3.8) is 0 Å². The van der Waals surface area contributed by atoms with Crippen LogP contribution in [0.4, 0.5) is 0 Å². The van der Waals surface area contributed by atoms with Crippen molar-refractivity contribution in [2.75, 3.05) is 6.54 Å². The van der Waals surface area contributed by atoms with Gasteiger partial charge in [-0.25, -0.2) is 8.42 Å². The van der Waals surface area contributed by atoms with E-state index in [2.05, 4.69) is 15.5 Å². The Bertz CT molecular complexity index is 959. The molecule has 0 bridgehead atoms. The van der Waals surface area contributed by atoms with Gasteiger partial charge in [0.1, 0.15) is 10.3 Å². The van der Waals surface area contributed by atoms with Crippen LogP contribution in [0.15, 0.2) is 21.7 Å². The standard InChI is InChI=1S/C15H19N5O3S3/c21-14(16-9-12-17-18-15(24)20(12)10-5-6-10)11-3-1-7-19(11)26(22,23)13-4-2-8-25-13/h2,4,8,10-11H,1,3,5-7,9H2,(H,16,21)(H,18,24). The van der Waals surface area contributed by atoms with Crippen molar-refractivity contribution >= 4 is 39.5 Å². The molecular weight excluding hydrogens is 394 g/mol.